The lowest BCUT2D eigenvalue weighted by Gasteiger charge is -2.29. The van der Waals surface area contributed by atoms with Crippen molar-refractivity contribution >= 4 is 33.5 Å². The Balaban J connectivity index is 1.56. The number of nitrogens with zero attached hydrogens (tertiary/aromatic N) is 1. The van der Waals surface area contributed by atoms with Crippen LogP contribution >= 0.6 is 15.9 Å². The molecule has 2 aliphatic rings. The Morgan fingerprint density at radius 1 is 1.13 bits per heavy atom. The second-order valence-electron chi connectivity index (χ2n) is 8.80. The molecule has 0 saturated heterocycles. The summed E-state index contributed by atoms with van der Waals surface area (Å²) in [4.78, 5) is 25.9. The molecule has 2 aromatic rings. The highest BCUT2D eigenvalue weighted by Crippen LogP contribution is 2.41. The monoisotopic (exact) mass is 468 g/mol. The maximum Gasteiger partial charge on any atom is 0.410 e. The molecule has 0 spiro atoms. The van der Waals surface area contributed by atoms with Crippen LogP contribution in [0.4, 0.5) is 4.79 Å². The van der Waals surface area contributed by atoms with Crippen molar-refractivity contribution in [2.45, 2.75) is 39.2 Å². The minimum atomic E-state index is -0.491. The van der Waals surface area contributed by atoms with Crippen molar-refractivity contribution in [3.05, 3.63) is 63.1 Å². The van der Waals surface area contributed by atoms with Crippen molar-refractivity contribution in [3.8, 4) is 11.1 Å². The van der Waals surface area contributed by atoms with E-state index in [1.54, 1.807) is 11.0 Å². The van der Waals surface area contributed by atoms with E-state index in [1.807, 2.05) is 26.8 Å². The van der Waals surface area contributed by atoms with Crippen molar-refractivity contribution in [2.24, 2.45) is 5.73 Å². The molecular weight excluding hydrogens is 444 g/mol. The molecule has 0 aromatic heterocycles. The van der Waals surface area contributed by atoms with E-state index in [-0.39, 0.29) is 6.09 Å². The number of nitrogens with two attached hydrogens (primary N) is 1. The quantitative estimate of drug-likeness (QED) is 0.565. The second kappa shape index (κ2) is 7.58. The molecule has 2 amide bonds. The van der Waals surface area contributed by atoms with Crippen molar-refractivity contribution in [2.75, 3.05) is 13.1 Å². The Morgan fingerprint density at radius 3 is 2.53 bits per heavy atom. The molecule has 0 fully saturated rings. The van der Waals surface area contributed by atoms with Gasteiger partial charge in [-0.1, -0.05) is 40.2 Å². The van der Waals surface area contributed by atoms with Gasteiger partial charge in [-0.15, -0.1) is 0 Å². The molecule has 4 rings (SSSR count). The number of halogens is 1. The molecule has 2 aromatic carbocycles. The van der Waals surface area contributed by atoms with Gasteiger partial charge in [0.2, 0.25) is 5.91 Å². The third kappa shape index (κ3) is 4.01. The minimum Gasteiger partial charge on any atom is -0.444 e. The van der Waals surface area contributed by atoms with Crippen LogP contribution in [0, 0.1) is 0 Å². The van der Waals surface area contributed by atoms with Crippen molar-refractivity contribution in [1.82, 2.24) is 4.90 Å². The van der Waals surface area contributed by atoms with E-state index in [2.05, 4.69) is 40.2 Å². The van der Waals surface area contributed by atoms with Gasteiger partial charge in [-0.3, -0.25) is 4.79 Å². The number of ether oxygens (including phenoxy) is 1. The van der Waals surface area contributed by atoms with Crippen molar-refractivity contribution in [1.29, 1.82) is 0 Å². The zero-order chi connectivity index (χ0) is 21.6. The van der Waals surface area contributed by atoms with E-state index in [0.717, 1.165) is 33.1 Å². The fourth-order valence-electron chi connectivity index (χ4n) is 4.10. The van der Waals surface area contributed by atoms with Gasteiger partial charge in [-0.25, -0.2) is 4.79 Å². The van der Waals surface area contributed by atoms with Crippen LogP contribution < -0.4 is 5.73 Å². The molecule has 1 aliphatic heterocycles. The maximum absolute atomic E-state index is 12.3. The molecule has 0 atom stereocenters. The number of hydrogen-bond donors (Lipinski definition) is 1. The van der Waals surface area contributed by atoms with Crippen LogP contribution in [0.1, 0.15) is 54.2 Å². The van der Waals surface area contributed by atoms with Gasteiger partial charge >= 0.3 is 6.09 Å². The zero-order valence-electron chi connectivity index (χ0n) is 17.4. The Hall–Kier alpha value is -2.60. The first-order valence-electron chi connectivity index (χ1n) is 10.1. The summed E-state index contributed by atoms with van der Waals surface area (Å²) in [6, 6.07) is 10.3. The zero-order valence-corrected chi connectivity index (χ0v) is 19.0. The number of primary amides is 1. The van der Waals surface area contributed by atoms with E-state index in [9.17, 15) is 9.59 Å². The fraction of sp³-hybridized carbons (Fsp3) is 0.333. The maximum atomic E-state index is 12.3. The summed E-state index contributed by atoms with van der Waals surface area (Å²) in [5, 5.41) is 0. The van der Waals surface area contributed by atoms with Gasteiger partial charge in [0.1, 0.15) is 5.60 Å². The van der Waals surface area contributed by atoms with Crippen LogP contribution in [0.3, 0.4) is 0 Å². The number of amides is 2. The van der Waals surface area contributed by atoms with Gasteiger partial charge in [-0.05, 0) is 79.1 Å². The molecule has 6 heteroatoms. The van der Waals surface area contributed by atoms with Crippen LogP contribution in [0.2, 0.25) is 0 Å². The highest BCUT2D eigenvalue weighted by Gasteiger charge is 2.26. The fourth-order valence-corrected chi connectivity index (χ4v) is 4.56. The highest BCUT2D eigenvalue weighted by atomic mass is 79.9. The summed E-state index contributed by atoms with van der Waals surface area (Å²) in [7, 11) is 0. The number of rotatable bonds is 2. The van der Waals surface area contributed by atoms with E-state index in [0.29, 0.717) is 25.1 Å². The smallest absolute Gasteiger partial charge is 0.410 e. The summed E-state index contributed by atoms with van der Waals surface area (Å²) in [6.07, 6.45) is 3.30. The normalized spacial score (nSPS) is 15.3. The topological polar surface area (TPSA) is 72.6 Å². The summed E-state index contributed by atoms with van der Waals surface area (Å²) < 4.78 is 6.32. The van der Waals surface area contributed by atoms with Crippen molar-refractivity contribution < 1.29 is 14.3 Å². The number of carbonyl (C=O) groups excluding carboxylic acids is 2. The van der Waals surface area contributed by atoms with Crippen LogP contribution in [0.25, 0.3) is 16.7 Å². The predicted molar refractivity (Wildman–Crippen MR) is 121 cm³/mol. The summed E-state index contributed by atoms with van der Waals surface area (Å²) in [5.74, 6) is -0.405. The van der Waals surface area contributed by atoms with Gasteiger partial charge in [0, 0.05) is 23.1 Å². The molecule has 2 N–H and O–H groups in total. The summed E-state index contributed by atoms with van der Waals surface area (Å²) in [5.41, 5.74) is 12.5. The highest BCUT2D eigenvalue weighted by molar-refractivity contribution is 9.10. The van der Waals surface area contributed by atoms with Gasteiger partial charge in [-0.2, -0.15) is 0 Å². The molecule has 30 heavy (non-hydrogen) atoms. The molecule has 0 bridgehead atoms. The van der Waals surface area contributed by atoms with Crippen LogP contribution in [0.5, 0.6) is 0 Å². The Morgan fingerprint density at radius 2 is 1.90 bits per heavy atom. The van der Waals surface area contributed by atoms with Crippen LogP contribution in [-0.2, 0) is 11.2 Å². The number of benzene rings is 2. The van der Waals surface area contributed by atoms with Gasteiger partial charge in [0.25, 0.3) is 0 Å². The standard InChI is InChI=1S/C24H25BrN2O3/c1-24(2,3)30-23(29)27-8-6-14(7-9-27)15-4-5-18-16(10-15)11-19-20(18)12-17(25)13-21(19)22(26)28/h4-6,10,12-13H,7-9,11H2,1-3H3,(H2,26,28). The summed E-state index contributed by atoms with van der Waals surface area (Å²) in [6.45, 7) is 6.81. The van der Waals surface area contributed by atoms with Gasteiger partial charge in [0.05, 0.1) is 0 Å². The Labute approximate surface area is 185 Å². The molecule has 0 radical (unpaired) electrons. The van der Waals surface area contributed by atoms with E-state index in [4.69, 9.17) is 10.5 Å². The van der Waals surface area contributed by atoms with E-state index >= 15 is 0 Å². The van der Waals surface area contributed by atoms with Crippen molar-refractivity contribution in [3.63, 3.8) is 0 Å². The molecule has 156 valence electrons. The third-order valence-electron chi connectivity index (χ3n) is 5.47. The minimum absolute atomic E-state index is 0.272. The number of carbonyl (C=O) groups is 2. The molecule has 1 aliphatic carbocycles. The molecular formula is C24H25BrN2O3. The largest absolute Gasteiger partial charge is 0.444 e. The van der Waals surface area contributed by atoms with Crippen LogP contribution in [0.15, 0.2) is 40.9 Å². The molecule has 0 unspecified atom stereocenters. The van der Waals surface area contributed by atoms with E-state index in [1.165, 1.54) is 11.1 Å². The first kappa shape index (κ1) is 20.7. The average molecular weight is 469 g/mol. The first-order chi connectivity index (χ1) is 14.1. The SMILES string of the molecule is CC(C)(C)OC(=O)N1CC=C(c2ccc3c(c2)Cc2c(C(N)=O)cc(Br)cc2-3)CC1. The molecule has 5 nitrogen and oxygen atoms in total. The van der Waals surface area contributed by atoms with E-state index < -0.39 is 11.5 Å². The Kier molecular flexibility index (Phi) is 5.22. The predicted octanol–water partition coefficient (Wildman–Crippen LogP) is 5.14. The molecule has 1 heterocycles. The molecule has 0 saturated carbocycles. The first-order valence-corrected chi connectivity index (χ1v) is 10.8. The lowest BCUT2D eigenvalue weighted by atomic mass is 9.95. The second-order valence-corrected chi connectivity index (χ2v) is 9.71. The number of hydrogen-bond acceptors (Lipinski definition) is 3. The lowest BCUT2D eigenvalue weighted by Crippen LogP contribution is -2.39. The lowest BCUT2D eigenvalue weighted by molar-refractivity contribution is 0.0270. The Bertz CT molecular complexity index is 1080. The van der Waals surface area contributed by atoms with Gasteiger partial charge in [0.15, 0.2) is 0 Å². The van der Waals surface area contributed by atoms with Gasteiger partial charge < -0.3 is 15.4 Å². The number of fused-ring (bicyclic) bond motifs is 3. The summed E-state index contributed by atoms with van der Waals surface area (Å²) >= 11 is 3.49. The third-order valence-corrected chi connectivity index (χ3v) is 5.93. The average Bonchev–Trinajstić information content (AvgIpc) is 3.03. The van der Waals surface area contributed by atoms with Crippen LogP contribution in [-0.4, -0.2) is 35.6 Å².